The molecule has 0 aliphatic rings. The van der Waals surface area contributed by atoms with E-state index in [1.165, 1.54) is 4.31 Å². The van der Waals surface area contributed by atoms with Crippen LogP contribution in [0.1, 0.15) is 13.8 Å². The first kappa shape index (κ1) is 15.5. The van der Waals surface area contributed by atoms with Gasteiger partial charge in [-0.25, -0.2) is 8.42 Å². The molecule has 2 N–H and O–H groups in total. The summed E-state index contributed by atoms with van der Waals surface area (Å²) in [5, 5.41) is 0. The fraction of sp³-hybridized carbons (Fsp3) is 0.250. The van der Waals surface area contributed by atoms with Crippen molar-refractivity contribution in [3.63, 3.8) is 0 Å². The molecule has 0 radical (unpaired) electrons. The number of sulfonamides is 1. The molecule has 4 nitrogen and oxygen atoms in total. The lowest BCUT2D eigenvalue weighted by Gasteiger charge is -2.18. The van der Waals surface area contributed by atoms with Crippen LogP contribution in [-0.2, 0) is 10.0 Å². The molecule has 112 valence electrons. The van der Waals surface area contributed by atoms with Crippen molar-refractivity contribution in [2.45, 2.75) is 18.7 Å². The van der Waals surface area contributed by atoms with E-state index < -0.39 is 10.0 Å². The molecule has 0 saturated heterocycles. The van der Waals surface area contributed by atoms with E-state index in [4.69, 9.17) is 5.73 Å². The topological polar surface area (TPSA) is 63.4 Å². The van der Waals surface area contributed by atoms with Crippen molar-refractivity contribution in [3.8, 4) is 11.1 Å². The minimum Gasteiger partial charge on any atom is -0.399 e. The highest BCUT2D eigenvalue weighted by atomic mass is 32.2. The zero-order valence-electron chi connectivity index (χ0n) is 12.3. The number of hydrogen-bond donors (Lipinski definition) is 1. The molecular formula is C16H20N2O2S. The summed E-state index contributed by atoms with van der Waals surface area (Å²) >= 11 is 0. The van der Waals surface area contributed by atoms with E-state index in [0.717, 1.165) is 11.1 Å². The standard InChI is InChI=1S/C16H20N2O2S/c1-3-18(4-2)21(19,20)16-10-8-13(9-11-16)14-6-5-7-15(17)12-14/h5-12H,3-4,17H2,1-2H3. The molecule has 2 rings (SSSR count). The molecule has 21 heavy (non-hydrogen) atoms. The van der Waals surface area contributed by atoms with Crippen LogP contribution in [-0.4, -0.2) is 25.8 Å². The summed E-state index contributed by atoms with van der Waals surface area (Å²) in [6.07, 6.45) is 0. The molecule has 0 saturated carbocycles. The van der Waals surface area contributed by atoms with Crippen LogP contribution in [0.5, 0.6) is 0 Å². The van der Waals surface area contributed by atoms with Gasteiger partial charge in [0.2, 0.25) is 10.0 Å². The maximum Gasteiger partial charge on any atom is 0.243 e. The van der Waals surface area contributed by atoms with Gasteiger partial charge in [0, 0.05) is 18.8 Å². The molecule has 0 amide bonds. The van der Waals surface area contributed by atoms with Gasteiger partial charge in [0.05, 0.1) is 4.90 Å². The summed E-state index contributed by atoms with van der Waals surface area (Å²) < 4.78 is 26.3. The molecule has 0 spiro atoms. The van der Waals surface area contributed by atoms with Crippen molar-refractivity contribution in [2.75, 3.05) is 18.8 Å². The molecule has 0 unspecified atom stereocenters. The largest absolute Gasteiger partial charge is 0.399 e. The van der Waals surface area contributed by atoms with E-state index in [1.807, 2.05) is 50.2 Å². The normalized spacial score (nSPS) is 11.8. The van der Waals surface area contributed by atoms with Crippen LogP contribution in [0, 0.1) is 0 Å². The van der Waals surface area contributed by atoms with Gasteiger partial charge in [0.1, 0.15) is 0 Å². The highest BCUT2D eigenvalue weighted by Crippen LogP contribution is 2.24. The number of nitrogen functional groups attached to an aromatic ring is 1. The Morgan fingerprint density at radius 2 is 1.57 bits per heavy atom. The number of hydrogen-bond acceptors (Lipinski definition) is 3. The van der Waals surface area contributed by atoms with E-state index in [-0.39, 0.29) is 0 Å². The number of rotatable bonds is 5. The Hall–Kier alpha value is -1.85. The Balaban J connectivity index is 2.35. The summed E-state index contributed by atoms with van der Waals surface area (Å²) in [6, 6.07) is 14.4. The third-order valence-electron chi connectivity index (χ3n) is 3.42. The number of anilines is 1. The first-order chi connectivity index (χ1) is 9.98. The second-order valence-corrected chi connectivity index (χ2v) is 6.68. The van der Waals surface area contributed by atoms with Crippen LogP contribution in [0.15, 0.2) is 53.4 Å². The first-order valence-corrected chi connectivity index (χ1v) is 8.39. The van der Waals surface area contributed by atoms with Gasteiger partial charge in [-0.05, 0) is 35.4 Å². The smallest absolute Gasteiger partial charge is 0.243 e. The average molecular weight is 304 g/mol. The van der Waals surface area contributed by atoms with Crippen molar-refractivity contribution in [1.29, 1.82) is 0 Å². The maximum atomic E-state index is 12.4. The van der Waals surface area contributed by atoms with Gasteiger partial charge >= 0.3 is 0 Å². The molecule has 2 aromatic carbocycles. The Kier molecular flexibility index (Phi) is 4.65. The molecule has 0 fully saturated rings. The van der Waals surface area contributed by atoms with Crippen molar-refractivity contribution >= 4 is 15.7 Å². The minimum atomic E-state index is -3.40. The second kappa shape index (κ2) is 6.28. The Bertz CT molecular complexity index is 705. The molecule has 0 aliphatic carbocycles. The van der Waals surface area contributed by atoms with Gasteiger partial charge in [-0.3, -0.25) is 0 Å². The summed E-state index contributed by atoms with van der Waals surface area (Å²) in [7, 11) is -3.40. The lowest BCUT2D eigenvalue weighted by molar-refractivity contribution is 0.445. The fourth-order valence-corrected chi connectivity index (χ4v) is 3.71. The van der Waals surface area contributed by atoms with Crippen LogP contribution in [0.4, 0.5) is 5.69 Å². The minimum absolute atomic E-state index is 0.318. The van der Waals surface area contributed by atoms with Gasteiger partial charge in [0.25, 0.3) is 0 Å². The van der Waals surface area contributed by atoms with Gasteiger partial charge in [-0.15, -0.1) is 0 Å². The lowest BCUT2D eigenvalue weighted by Crippen LogP contribution is -2.30. The quantitative estimate of drug-likeness (QED) is 0.864. The number of benzene rings is 2. The molecule has 0 aromatic heterocycles. The van der Waals surface area contributed by atoms with E-state index in [1.54, 1.807) is 12.1 Å². The zero-order chi connectivity index (χ0) is 15.5. The van der Waals surface area contributed by atoms with Gasteiger partial charge in [0.15, 0.2) is 0 Å². The van der Waals surface area contributed by atoms with Crippen LogP contribution >= 0.6 is 0 Å². The lowest BCUT2D eigenvalue weighted by atomic mass is 10.1. The van der Waals surface area contributed by atoms with Gasteiger partial charge in [-0.2, -0.15) is 4.31 Å². The summed E-state index contributed by atoms with van der Waals surface area (Å²) in [4.78, 5) is 0.318. The maximum absolute atomic E-state index is 12.4. The van der Waals surface area contributed by atoms with Gasteiger partial charge < -0.3 is 5.73 Å². The van der Waals surface area contributed by atoms with Crippen LogP contribution in [0.2, 0.25) is 0 Å². The van der Waals surface area contributed by atoms with E-state index >= 15 is 0 Å². The third kappa shape index (κ3) is 3.25. The molecule has 0 aliphatic heterocycles. The summed E-state index contributed by atoms with van der Waals surface area (Å²) in [6.45, 7) is 4.61. The summed E-state index contributed by atoms with van der Waals surface area (Å²) in [5.74, 6) is 0. The molecule has 0 bridgehead atoms. The molecule has 5 heteroatoms. The summed E-state index contributed by atoms with van der Waals surface area (Å²) in [5.41, 5.74) is 8.37. The van der Waals surface area contributed by atoms with Gasteiger partial charge in [-0.1, -0.05) is 38.1 Å². The Morgan fingerprint density at radius 3 is 2.10 bits per heavy atom. The average Bonchev–Trinajstić information content (AvgIpc) is 2.48. The second-order valence-electron chi connectivity index (χ2n) is 4.74. The molecule has 0 atom stereocenters. The van der Waals surface area contributed by atoms with E-state index in [0.29, 0.717) is 23.7 Å². The molecule has 0 heterocycles. The predicted octanol–water partition coefficient (Wildman–Crippen LogP) is 2.97. The van der Waals surface area contributed by atoms with Crippen molar-refractivity contribution in [1.82, 2.24) is 4.31 Å². The Morgan fingerprint density at radius 1 is 0.952 bits per heavy atom. The molecular weight excluding hydrogens is 284 g/mol. The van der Waals surface area contributed by atoms with Crippen molar-refractivity contribution in [3.05, 3.63) is 48.5 Å². The monoisotopic (exact) mass is 304 g/mol. The van der Waals surface area contributed by atoms with E-state index in [9.17, 15) is 8.42 Å². The zero-order valence-corrected chi connectivity index (χ0v) is 13.1. The number of nitrogens with two attached hydrogens (primary N) is 1. The van der Waals surface area contributed by atoms with Crippen LogP contribution in [0.25, 0.3) is 11.1 Å². The molecule has 2 aromatic rings. The van der Waals surface area contributed by atoms with Crippen molar-refractivity contribution < 1.29 is 8.42 Å². The first-order valence-electron chi connectivity index (χ1n) is 6.95. The van der Waals surface area contributed by atoms with Crippen molar-refractivity contribution in [2.24, 2.45) is 0 Å². The number of nitrogens with zero attached hydrogens (tertiary/aromatic N) is 1. The van der Waals surface area contributed by atoms with Crippen LogP contribution < -0.4 is 5.73 Å². The fourth-order valence-electron chi connectivity index (χ4n) is 2.25. The highest BCUT2D eigenvalue weighted by molar-refractivity contribution is 7.89. The Labute approximate surface area is 126 Å². The van der Waals surface area contributed by atoms with Crippen LogP contribution in [0.3, 0.4) is 0 Å². The highest BCUT2D eigenvalue weighted by Gasteiger charge is 2.21. The predicted molar refractivity (Wildman–Crippen MR) is 86.4 cm³/mol. The SMILES string of the molecule is CCN(CC)S(=O)(=O)c1ccc(-c2cccc(N)c2)cc1. The third-order valence-corrected chi connectivity index (χ3v) is 5.48. The van der Waals surface area contributed by atoms with E-state index in [2.05, 4.69) is 0 Å².